The van der Waals surface area contributed by atoms with E-state index in [4.69, 9.17) is 0 Å². The van der Waals surface area contributed by atoms with Crippen LogP contribution in [0.1, 0.15) is 30.4 Å². The molecule has 0 heterocycles. The lowest BCUT2D eigenvalue weighted by Crippen LogP contribution is -2.31. The summed E-state index contributed by atoms with van der Waals surface area (Å²) in [5, 5.41) is 19.4. The number of phenolic OH excluding ortho intramolecular Hbond substituents is 1. The topological polar surface area (TPSA) is 40.5 Å². The first kappa shape index (κ1) is 8.30. The summed E-state index contributed by atoms with van der Waals surface area (Å²) in [4.78, 5) is 0. The van der Waals surface area contributed by atoms with Gasteiger partial charge in [0.15, 0.2) is 0 Å². The normalized spacial score (nSPS) is 27.4. The van der Waals surface area contributed by atoms with E-state index in [1.54, 1.807) is 6.07 Å². The van der Waals surface area contributed by atoms with Gasteiger partial charge in [-0.1, -0.05) is 6.07 Å². The molecule has 1 atom stereocenters. The molecule has 0 saturated heterocycles. The van der Waals surface area contributed by atoms with Crippen LogP contribution >= 0.6 is 0 Å². The highest BCUT2D eigenvalue weighted by atomic mass is 16.3. The average Bonchev–Trinajstić information content (AvgIpc) is 2.94. The zero-order valence-corrected chi connectivity index (χ0v) is 8.03. The zero-order valence-electron chi connectivity index (χ0n) is 8.03. The fourth-order valence-electron chi connectivity index (χ4n) is 2.73. The van der Waals surface area contributed by atoms with Crippen LogP contribution < -0.4 is 0 Å². The standard InChI is InChI=1S/C12H14O2/c13-9-3-1-8-2-4-11(14)12(5-6-12)10(8)7-9/h1,3,7,11,13-14H,2,4-6H2. The van der Waals surface area contributed by atoms with Crippen LogP contribution in [0.25, 0.3) is 0 Å². The van der Waals surface area contributed by atoms with E-state index < -0.39 is 0 Å². The molecule has 2 nitrogen and oxygen atoms in total. The Morgan fingerprint density at radius 2 is 2.07 bits per heavy atom. The van der Waals surface area contributed by atoms with Gasteiger partial charge in [0.1, 0.15) is 5.75 Å². The van der Waals surface area contributed by atoms with Crippen LogP contribution in [0.5, 0.6) is 5.75 Å². The maximum atomic E-state index is 9.96. The summed E-state index contributed by atoms with van der Waals surface area (Å²) < 4.78 is 0. The third kappa shape index (κ3) is 0.947. The number of rotatable bonds is 0. The highest BCUT2D eigenvalue weighted by Gasteiger charge is 2.52. The summed E-state index contributed by atoms with van der Waals surface area (Å²) in [6.07, 6.45) is 3.77. The summed E-state index contributed by atoms with van der Waals surface area (Å²) >= 11 is 0. The Labute approximate surface area is 83.2 Å². The van der Waals surface area contributed by atoms with Gasteiger partial charge in [0.05, 0.1) is 6.10 Å². The summed E-state index contributed by atoms with van der Waals surface area (Å²) in [5.41, 5.74) is 2.51. The molecule has 1 saturated carbocycles. The Morgan fingerprint density at radius 3 is 2.79 bits per heavy atom. The van der Waals surface area contributed by atoms with Gasteiger partial charge in [0.2, 0.25) is 0 Å². The van der Waals surface area contributed by atoms with Crippen molar-refractivity contribution in [3.05, 3.63) is 29.3 Å². The van der Waals surface area contributed by atoms with Crippen LogP contribution in [0, 0.1) is 0 Å². The van der Waals surface area contributed by atoms with Crippen molar-refractivity contribution in [2.75, 3.05) is 0 Å². The van der Waals surface area contributed by atoms with E-state index in [2.05, 4.69) is 0 Å². The number of aryl methyl sites for hydroxylation is 1. The molecule has 2 N–H and O–H groups in total. The summed E-state index contributed by atoms with van der Waals surface area (Å²) in [6.45, 7) is 0. The van der Waals surface area contributed by atoms with Crippen LogP contribution in [0.3, 0.4) is 0 Å². The molecule has 1 unspecified atom stereocenters. The number of aromatic hydroxyl groups is 1. The van der Waals surface area contributed by atoms with Crippen LogP contribution in [0.15, 0.2) is 18.2 Å². The second-order valence-corrected chi connectivity index (χ2v) is 4.55. The second-order valence-electron chi connectivity index (χ2n) is 4.55. The molecule has 2 heteroatoms. The van der Waals surface area contributed by atoms with Crippen molar-refractivity contribution in [1.29, 1.82) is 0 Å². The predicted octanol–water partition coefficient (Wildman–Crippen LogP) is 1.73. The Morgan fingerprint density at radius 1 is 1.29 bits per heavy atom. The lowest BCUT2D eigenvalue weighted by Gasteiger charge is -2.30. The Hall–Kier alpha value is -1.02. The number of phenols is 1. The smallest absolute Gasteiger partial charge is 0.115 e. The van der Waals surface area contributed by atoms with Crippen molar-refractivity contribution < 1.29 is 10.2 Å². The van der Waals surface area contributed by atoms with Gasteiger partial charge in [0, 0.05) is 5.41 Å². The fourth-order valence-corrected chi connectivity index (χ4v) is 2.73. The third-order valence-corrected chi connectivity index (χ3v) is 3.74. The molecule has 2 aliphatic rings. The molecular weight excluding hydrogens is 176 g/mol. The first-order chi connectivity index (χ1) is 6.72. The predicted molar refractivity (Wildman–Crippen MR) is 53.3 cm³/mol. The highest BCUT2D eigenvalue weighted by Crippen LogP contribution is 2.55. The van der Waals surface area contributed by atoms with E-state index in [0.717, 1.165) is 25.7 Å². The van der Waals surface area contributed by atoms with Crippen molar-refractivity contribution in [3.8, 4) is 5.75 Å². The second kappa shape index (κ2) is 2.51. The number of benzene rings is 1. The van der Waals surface area contributed by atoms with Crippen LogP contribution in [0.4, 0.5) is 0 Å². The zero-order chi connectivity index (χ0) is 9.76. The minimum Gasteiger partial charge on any atom is -0.508 e. The molecule has 2 aliphatic carbocycles. The monoisotopic (exact) mass is 190 g/mol. The highest BCUT2D eigenvalue weighted by molar-refractivity contribution is 5.46. The Balaban J connectivity index is 2.16. The minimum absolute atomic E-state index is 0.00627. The third-order valence-electron chi connectivity index (χ3n) is 3.74. The first-order valence-electron chi connectivity index (χ1n) is 5.23. The number of aliphatic hydroxyl groups excluding tert-OH is 1. The summed E-state index contributed by atoms with van der Waals surface area (Å²) in [5.74, 6) is 0.323. The van der Waals surface area contributed by atoms with E-state index in [9.17, 15) is 10.2 Å². The molecular formula is C12H14O2. The number of hydrogen-bond donors (Lipinski definition) is 2. The fraction of sp³-hybridized carbons (Fsp3) is 0.500. The van der Waals surface area contributed by atoms with E-state index >= 15 is 0 Å². The van der Waals surface area contributed by atoms with Gasteiger partial charge >= 0.3 is 0 Å². The average molecular weight is 190 g/mol. The van der Waals surface area contributed by atoms with Crippen molar-refractivity contribution in [1.82, 2.24) is 0 Å². The molecule has 0 radical (unpaired) electrons. The lowest BCUT2D eigenvalue weighted by atomic mass is 9.78. The van der Waals surface area contributed by atoms with Crippen LogP contribution in [-0.4, -0.2) is 16.3 Å². The molecule has 1 fully saturated rings. The van der Waals surface area contributed by atoms with Crippen molar-refractivity contribution >= 4 is 0 Å². The van der Waals surface area contributed by atoms with E-state index in [1.807, 2.05) is 12.1 Å². The van der Waals surface area contributed by atoms with Gasteiger partial charge in [-0.15, -0.1) is 0 Å². The maximum Gasteiger partial charge on any atom is 0.115 e. The van der Waals surface area contributed by atoms with Crippen LogP contribution in [-0.2, 0) is 11.8 Å². The molecule has 1 aromatic carbocycles. The minimum atomic E-state index is -0.197. The molecule has 74 valence electrons. The lowest BCUT2D eigenvalue weighted by molar-refractivity contribution is 0.114. The summed E-state index contributed by atoms with van der Waals surface area (Å²) in [6, 6.07) is 5.58. The molecule has 3 rings (SSSR count). The van der Waals surface area contributed by atoms with E-state index in [-0.39, 0.29) is 11.5 Å². The van der Waals surface area contributed by atoms with Gasteiger partial charge in [0.25, 0.3) is 0 Å². The summed E-state index contributed by atoms with van der Waals surface area (Å²) in [7, 11) is 0. The molecule has 1 spiro atoms. The van der Waals surface area contributed by atoms with Gasteiger partial charge < -0.3 is 10.2 Å². The van der Waals surface area contributed by atoms with Gasteiger partial charge in [-0.2, -0.15) is 0 Å². The molecule has 14 heavy (non-hydrogen) atoms. The van der Waals surface area contributed by atoms with Crippen LogP contribution in [0.2, 0.25) is 0 Å². The Kier molecular flexibility index (Phi) is 1.49. The first-order valence-corrected chi connectivity index (χ1v) is 5.23. The van der Waals surface area contributed by atoms with Gasteiger partial charge in [-0.05, 0) is 48.9 Å². The molecule has 0 bridgehead atoms. The van der Waals surface area contributed by atoms with Gasteiger partial charge in [-0.25, -0.2) is 0 Å². The molecule has 0 aromatic heterocycles. The molecule has 0 aliphatic heterocycles. The number of fused-ring (bicyclic) bond motifs is 2. The maximum absolute atomic E-state index is 9.96. The van der Waals surface area contributed by atoms with Crippen molar-refractivity contribution in [2.45, 2.75) is 37.2 Å². The van der Waals surface area contributed by atoms with Crippen molar-refractivity contribution in [3.63, 3.8) is 0 Å². The SMILES string of the molecule is Oc1ccc2c(c1)C1(CC1)C(O)CC2. The largest absolute Gasteiger partial charge is 0.508 e. The van der Waals surface area contributed by atoms with E-state index in [1.165, 1.54) is 11.1 Å². The molecule has 1 aromatic rings. The quantitative estimate of drug-likeness (QED) is 0.654. The van der Waals surface area contributed by atoms with E-state index in [0.29, 0.717) is 5.75 Å². The number of hydrogen-bond acceptors (Lipinski definition) is 2. The number of aliphatic hydroxyl groups is 1. The van der Waals surface area contributed by atoms with Gasteiger partial charge in [-0.3, -0.25) is 0 Å². The molecule has 0 amide bonds. The van der Waals surface area contributed by atoms with Crippen molar-refractivity contribution in [2.24, 2.45) is 0 Å². The Bertz CT molecular complexity index is 380.